The molecule has 11 heteroatoms. The van der Waals surface area contributed by atoms with Gasteiger partial charge in [0.25, 0.3) is 5.56 Å². The summed E-state index contributed by atoms with van der Waals surface area (Å²) in [5.74, 6) is 5.12. The summed E-state index contributed by atoms with van der Waals surface area (Å²) >= 11 is 4.40. The van der Waals surface area contributed by atoms with Crippen LogP contribution in [0.5, 0.6) is 0 Å². The number of hydrogen-bond acceptors (Lipinski definition) is 6. The molecule has 23 heavy (non-hydrogen) atoms. The van der Waals surface area contributed by atoms with Gasteiger partial charge in [0.1, 0.15) is 17.9 Å². The van der Waals surface area contributed by atoms with Crippen molar-refractivity contribution in [2.75, 3.05) is 6.61 Å². The van der Waals surface area contributed by atoms with E-state index in [4.69, 9.17) is 9.26 Å². The number of aromatic nitrogens is 2. The number of aliphatic hydroxyl groups excluding tert-OH is 1. The van der Waals surface area contributed by atoms with Crippen LogP contribution in [0.15, 0.2) is 15.8 Å². The van der Waals surface area contributed by atoms with E-state index in [0.29, 0.717) is 0 Å². The Morgan fingerprint density at radius 2 is 2.26 bits per heavy atom. The summed E-state index contributed by atoms with van der Waals surface area (Å²) in [4.78, 5) is 44.2. The predicted molar refractivity (Wildman–Crippen MR) is 83.1 cm³/mol. The second-order valence-electron chi connectivity index (χ2n) is 4.77. The standard InChI is InChI=1S/C12H15N2O7PS/c1-2-3-7-5-14(12(17)13-11(7)16)10-4-8(9(6-15)20-10)21-22(18,19)23/h5,8-10,15H,4,6H2,1H3,(H,13,16,17)(H2,18,19,23)/t8-,9+,10+/m0/s1. The Hall–Kier alpha value is -1.31. The molecule has 0 spiro atoms. The van der Waals surface area contributed by atoms with Gasteiger partial charge in [-0.1, -0.05) is 5.92 Å². The van der Waals surface area contributed by atoms with E-state index in [1.54, 1.807) is 6.92 Å². The Bertz CT molecular complexity index is 802. The Balaban J connectivity index is 2.34. The third-order valence-electron chi connectivity index (χ3n) is 3.17. The lowest BCUT2D eigenvalue weighted by Crippen LogP contribution is -2.33. The Morgan fingerprint density at radius 3 is 2.83 bits per heavy atom. The first-order valence-electron chi connectivity index (χ1n) is 6.53. The van der Waals surface area contributed by atoms with E-state index in [0.717, 1.165) is 4.57 Å². The fourth-order valence-corrected chi connectivity index (χ4v) is 3.15. The lowest BCUT2D eigenvalue weighted by atomic mass is 10.2. The van der Waals surface area contributed by atoms with Crippen LogP contribution < -0.4 is 11.2 Å². The molecule has 1 fully saturated rings. The zero-order chi connectivity index (χ0) is 17.2. The van der Waals surface area contributed by atoms with E-state index in [2.05, 4.69) is 28.6 Å². The normalized spacial score (nSPS) is 24.3. The SMILES string of the molecule is CC#Cc1cn([C@H]2C[C@H](OP(O)(O)=S)[C@@H](CO)O2)c(=O)[nH]c1=O. The molecular formula is C12H15N2O7PS. The topological polar surface area (TPSA) is 134 Å². The second-order valence-corrected chi connectivity index (χ2v) is 7.39. The highest BCUT2D eigenvalue weighted by Crippen LogP contribution is 2.43. The van der Waals surface area contributed by atoms with Gasteiger partial charge in [-0.15, -0.1) is 5.92 Å². The molecule has 0 bridgehead atoms. The maximum absolute atomic E-state index is 11.9. The first-order chi connectivity index (χ1) is 10.7. The number of aromatic amines is 1. The number of rotatable bonds is 4. The van der Waals surface area contributed by atoms with Crippen LogP contribution >= 0.6 is 6.72 Å². The molecule has 0 aromatic carbocycles. The van der Waals surface area contributed by atoms with E-state index in [-0.39, 0.29) is 12.0 Å². The summed E-state index contributed by atoms with van der Waals surface area (Å²) in [6.07, 6.45) is -1.38. The summed E-state index contributed by atoms with van der Waals surface area (Å²) < 4.78 is 11.5. The summed E-state index contributed by atoms with van der Waals surface area (Å²) in [5.41, 5.74) is -1.26. The summed E-state index contributed by atoms with van der Waals surface area (Å²) in [6.45, 7) is -2.87. The van der Waals surface area contributed by atoms with Crippen LogP contribution in [-0.4, -0.2) is 43.3 Å². The lowest BCUT2D eigenvalue weighted by molar-refractivity contribution is -0.0434. The van der Waals surface area contributed by atoms with Crippen molar-refractivity contribution in [3.8, 4) is 11.8 Å². The highest BCUT2D eigenvalue weighted by atomic mass is 32.5. The number of aliphatic hydroxyl groups is 1. The number of ether oxygens (including phenoxy) is 1. The van der Waals surface area contributed by atoms with E-state index < -0.39 is 43.0 Å². The highest BCUT2D eigenvalue weighted by Gasteiger charge is 2.39. The van der Waals surface area contributed by atoms with E-state index >= 15 is 0 Å². The van der Waals surface area contributed by atoms with Crippen LogP contribution in [0.1, 0.15) is 25.1 Å². The zero-order valence-electron chi connectivity index (χ0n) is 12.0. The molecule has 2 heterocycles. The van der Waals surface area contributed by atoms with Crippen molar-refractivity contribution in [3.63, 3.8) is 0 Å². The van der Waals surface area contributed by atoms with Gasteiger partial charge in [-0.3, -0.25) is 14.3 Å². The molecule has 1 aromatic rings. The van der Waals surface area contributed by atoms with E-state index in [9.17, 15) is 24.5 Å². The van der Waals surface area contributed by atoms with Gasteiger partial charge in [-0.2, -0.15) is 0 Å². The summed E-state index contributed by atoms with van der Waals surface area (Å²) in [5, 5.41) is 9.29. The largest absolute Gasteiger partial charge is 0.394 e. The molecule has 1 aliphatic rings. The van der Waals surface area contributed by atoms with Crippen molar-refractivity contribution < 1.29 is 24.2 Å². The molecule has 1 aliphatic heterocycles. The van der Waals surface area contributed by atoms with Gasteiger partial charge >= 0.3 is 12.4 Å². The third-order valence-corrected chi connectivity index (χ3v) is 3.97. The fourth-order valence-electron chi connectivity index (χ4n) is 2.25. The van der Waals surface area contributed by atoms with Gasteiger partial charge in [0, 0.05) is 12.6 Å². The molecule has 0 saturated carbocycles. The van der Waals surface area contributed by atoms with Gasteiger partial charge in [-0.05, 0) is 18.7 Å². The molecule has 3 atom stereocenters. The molecule has 1 saturated heterocycles. The molecule has 0 unspecified atom stereocenters. The van der Waals surface area contributed by atoms with Crippen molar-refractivity contribution in [2.24, 2.45) is 0 Å². The lowest BCUT2D eigenvalue weighted by Gasteiger charge is -2.18. The molecule has 126 valence electrons. The quantitative estimate of drug-likeness (QED) is 0.387. The number of hydrogen-bond donors (Lipinski definition) is 4. The molecule has 0 amide bonds. The average molecular weight is 362 g/mol. The second kappa shape index (κ2) is 7.07. The smallest absolute Gasteiger partial charge is 0.330 e. The molecule has 2 rings (SSSR count). The van der Waals surface area contributed by atoms with E-state index in [1.807, 2.05) is 0 Å². The van der Waals surface area contributed by atoms with Crippen LogP contribution in [0.4, 0.5) is 0 Å². The van der Waals surface area contributed by atoms with Gasteiger partial charge in [0.2, 0.25) is 0 Å². The molecule has 0 aliphatic carbocycles. The minimum Gasteiger partial charge on any atom is -0.394 e. The van der Waals surface area contributed by atoms with Crippen LogP contribution in [-0.2, 0) is 21.1 Å². The maximum atomic E-state index is 11.9. The van der Waals surface area contributed by atoms with Gasteiger partial charge in [0.05, 0.1) is 12.7 Å². The number of nitrogens with zero attached hydrogens (tertiary/aromatic N) is 1. The van der Waals surface area contributed by atoms with E-state index in [1.165, 1.54) is 6.20 Å². The number of H-pyrrole nitrogens is 1. The molecule has 4 N–H and O–H groups in total. The van der Waals surface area contributed by atoms with Gasteiger partial charge in [0.15, 0.2) is 0 Å². The minimum absolute atomic E-state index is 0.0374. The molecule has 9 nitrogen and oxygen atoms in total. The third kappa shape index (κ3) is 4.37. The Morgan fingerprint density at radius 1 is 1.57 bits per heavy atom. The molecule has 0 radical (unpaired) electrons. The van der Waals surface area contributed by atoms with Crippen molar-refractivity contribution in [1.82, 2.24) is 9.55 Å². The highest BCUT2D eigenvalue weighted by molar-refractivity contribution is 8.06. The van der Waals surface area contributed by atoms with Crippen molar-refractivity contribution in [2.45, 2.75) is 31.8 Å². The maximum Gasteiger partial charge on any atom is 0.330 e. The Labute approximate surface area is 135 Å². The monoisotopic (exact) mass is 362 g/mol. The fraction of sp³-hybridized carbons (Fsp3) is 0.500. The minimum atomic E-state index is -3.95. The first-order valence-corrected chi connectivity index (χ1v) is 9.16. The first kappa shape index (κ1) is 18.0. The van der Waals surface area contributed by atoms with Crippen molar-refractivity contribution >= 4 is 18.5 Å². The van der Waals surface area contributed by atoms with Gasteiger partial charge in [-0.25, -0.2) is 4.79 Å². The van der Waals surface area contributed by atoms with Crippen LogP contribution in [0.25, 0.3) is 0 Å². The molecular weight excluding hydrogens is 347 g/mol. The van der Waals surface area contributed by atoms with Crippen LogP contribution in [0.2, 0.25) is 0 Å². The zero-order valence-corrected chi connectivity index (χ0v) is 13.7. The number of nitrogens with one attached hydrogen (secondary N) is 1. The summed E-state index contributed by atoms with van der Waals surface area (Å²) in [6, 6.07) is 0. The molecule has 1 aromatic heterocycles. The van der Waals surface area contributed by atoms with Crippen LogP contribution in [0.3, 0.4) is 0 Å². The Kier molecular flexibility index (Phi) is 5.54. The predicted octanol–water partition coefficient (Wildman–Crippen LogP) is -1.22. The summed E-state index contributed by atoms with van der Waals surface area (Å²) in [7, 11) is 0. The van der Waals surface area contributed by atoms with Crippen LogP contribution in [0, 0.1) is 11.8 Å². The van der Waals surface area contributed by atoms with Gasteiger partial charge < -0.3 is 24.2 Å². The van der Waals surface area contributed by atoms with Crippen molar-refractivity contribution in [3.05, 3.63) is 32.6 Å². The van der Waals surface area contributed by atoms with Crippen molar-refractivity contribution in [1.29, 1.82) is 0 Å². The average Bonchev–Trinajstić information content (AvgIpc) is 2.82.